The van der Waals surface area contributed by atoms with E-state index in [0.717, 1.165) is 23.9 Å². The highest BCUT2D eigenvalue weighted by molar-refractivity contribution is 5.92. The lowest BCUT2D eigenvalue weighted by Gasteiger charge is -2.19. The van der Waals surface area contributed by atoms with Crippen LogP contribution in [0.1, 0.15) is 26.3 Å². The van der Waals surface area contributed by atoms with Crippen molar-refractivity contribution in [3.05, 3.63) is 36.0 Å². The molecule has 0 amide bonds. The van der Waals surface area contributed by atoms with Crippen LogP contribution < -0.4 is 0 Å². The molecule has 0 aliphatic rings. The van der Waals surface area contributed by atoms with Gasteiger partial charge in [0.05, 0.1) is 5.52 Å². The second-order valence-corrected chi connectivity index (χ2v) is 6.58. The summed E-state index contributed by atoms with van der Waals surface area (Å²) in [5.74, 6) is 0. The molecule has 1 heterocycles. The number of ether oxygens (including phenoxy) is 1. The van der Waals surface area contributed by atoms with E-state index in [1.165, 1.54) is 5.56 Å². The first-order chi connectivity index (χ1) is 9.78. The maximum atomic E-state index is 12.4. The predicted molar refractivity (Wildman–Crippen MR) is 85.8 cm³/mol. The van der Waals surface area contributed by atoms with Crippen molar-refractivity contribution in [2.45, 2.75) is 32.8 Å². The third kappa shape index (κ3) is 3.85. The van der Waals surface area contributed by atoms with Crippen LogP contribution in [-0.4, -0.2) is 41.8 Å². The van der Waals surface area contributed by atoms with E-state index >= 15 is 0 Å². The molecule has 4 nitrogen and oxygen atoms in total. The van der Waals surface area contributed by atoms with Gasteiger partial charge in [-0.25, -0.2) is 4.79 Å². The van der Waals surface area contributed by atoms with Gasteiger partial charge >= 0.3 is 6.09 Å². The van der Waals surface area contributed by atoms with Crippen LogP contribution in [0.25, 0.3) is 10.9 Å². The lowest BCUT2D eigenvalue weighted by Crippen LogP contribution is -2.26. The minimum absolute atomic E-state index is 0.324. The maximum absolute atomic E-state index is 12.4. The average Bonchev–Trinajstić information content (AvgIpc) is 2.73. The van der Waals surface area contributed by atoms with Gasteiger partial charge in [-0.1, -0.05) is 18.2 Å². The Bertz CT molecular complexity index is 636. The van der Waals surface area contributed by atoms with Crippen LogP contribution in [0.5, 0.6) is 0 Å². The largest absolute Gasteiger partial charge is 0.443 e. The lowest BCUT2D eigenvalue weighted by molar-refractivity contribution is 0.0544. The summed E-state index contributed by atoms with van der Waals surface area (Å²) in [6.07, 6.45) is 2.49. The third-order valence-electron chi connectivity index (χ3n) is 3.21. The number of para-hydroxylation sites is 1. The van der Waals surface area contributed by atoms with E-state index in [2.05, 4.69) is 11.0 Å². The summed E-state index contributed by atoms with van der Waals surface area (Å²) in [7, 11) is 4.10. The molecule has 0 atom stereocenters. The highest BCUT2D eigenvalue weighted by Gasteiger charge is 2.20. The van der Waals surface area contributed by atoms with Crippen molar-refractivity contribution < 1.29 is 9.53 Å². The summed E-state index contributed by atoms with van der Waals surface area (Å²) in [6.45, 7) is 6.58. The number of aromatic nitrogens is 1. The van der Waals surface area contributed by atoms with E-state index < -0.39 is 5.60 Å². The van der Waals surface area contributed by atoms with Gasteiger partial charge in [0.1, 0.15) is 5.60 Å². The Morgan fingerprint density at radius 2 is 1.90 bits per heavy atom. The van der Waals surface area contributed by atoms with Gasteiger partial charge in [-0.05, 0) is 52.9 Å². The van der Waals surface area contributed by atoms with Crippen LogP contribution in [0.4, 0.5) is 4.79 Å². The molecule has 1 aromatic carbocycles. The molecule has 114 valence electrons. The summed E-state index contributed by atoms with van der Waals surface area (Å²) in [5, 5.41) is 1.12. The Morgan fingerprint density at radius 3 is 2.52 bits per heavy atom. The topological polar surface area (TPSA) is 34.5 Å². The van der Waals surface area contributed by atoms with Crippen LogP contribution in [0, 0.1) is 0 Å². The molecule has 1 aromatic heterocycles. The van der Waals surface area contributed by atoms with Crippen LogP contribution in [-0.2, 0) is 11.2 Å². The lowest BCUT2D eigenvalue weighted by atomic mass is 10.1. The van der Waals surface area contributed by atoms with Gasteiger partial charge in [0.15, 0.2) is 0 Å². The first-order valence-corrected chi connectivity index (χ1v) is 7.25. The highest BCUT2D eigenvalue weighted by Crippen LogP contribution is 2.23. The predicted octanol–water partition coefficient (Wildman–Crippen LogP) is 3.53. The van der Waals surface area contributed by atoms with Crippen molar-refractivity contribution in [3.8, 4) is 0 Å². The number of carbonyl (C=O) groups is 1. The molecule has 2 rings (SSSR count). The first kappa shape index (κ1) is 15.6. The van der Waals surface area contributed by atoms with Gasteiger partial charge in [-0.15, -0.1) is 0 Å². The Balaban J connectivity index is 2.38. The van der Waals surface area contributed by atoms with Gasteiger partial charge in [0, 0.05) is 18.1 Å². The molecule has 0 N–H and O–H groups in total. The zero-order chi connectivity index (χ0) is 15.6. The van der Waals surface area contributed by atoms with Crippen LogP contribution in [0.3, 0.4) is 0 Å². The number of carbonyl (C=O) groups excluding carboxylic acids is 1. The maximum Gasteiger partial charge on any atom is 0.419 e. The van der Waals surface area contributed by atoms with Crippen LogP contribution >= 0.6 is 0 Å². The number of fused-ring (bicyclic) bond motifs is 1. The van der Waals surface area contributed by atoms with E-state index in [1.54, 1.807) is 4.57 Å². The van der Waals surface area contributed by atoms with E-state index in [-0.39, 0.29) is 6.09 Å². The minimum atomic E-state index is -0.494. The van der Waals surface area contributed by atoms with Gasteiger partial charge < -0.3 is 9.64 Å². The highest BCUT2D eigenvalue weighted by atomic mass is 16.6. The quantitative estimate of drug-likeness (QED) is 0.866. The monoisotopic (exact) mass is 288 g/mol. The van der Waals surface area contributed by atoms with E-state index in [9.17, 15) is 4.79 Å². The fourth-order valence-electron chi connectivity index (χ4n) is 2.26. The molecule has 4 heteroatoms. The second kappa shape index (κ2) is 5.90. The van der Waals surface area contributed by atoms with Crippen molar-refractivity contribution in [3.63, 3.8) is 0 Å². The molecule has 0 saturated heterocycles. The zero-order valence-electron chi connectivity index (χ0n) is 13.5. The summed E-state index contributed by atoms with van der Waals surface area (Å²) in [4.78, 5) is 14.5. The molecule has 0 aliphatic carbocycles. The third-order valence-corrected chi connectivity index (χ3v) is 3.21. The molecular formula is C17H24N2O2. The van der Waals surface area contributed by atoms with E-state index in [4.69, 9.17) is 4.74 Å². The minimum Gasteiger partial charge on any atom is -0.443 e. The van der Waals surface area contributed by atoms with E-state index in [0.29, 0.717) is 0 Å². The van der Waals surface area contributed by atoms with E-state index in [1.807, 2.05) is 59.3 Å². The van der Waals surface area contributed by atoms with Crippen molar-refractivity contribution in [1.29, 1.82) is 0 Å². The van der Waals surface area contributed by atoms with Gasteiger partial charge in [0.25, 0.3) is 0 Å². The van der Waals surface area contributed by atoms with Crippen molar-refractivity contribution in [2.75, 3.05) is 20.6 Å². The number of benzene rings is 1. The molecule has 2 aromatic rings. The molecule has 0 radical (unpaired) electrons. The van der Waals surface area contributed by atoms with Crippen LogP contribution in [0.15, 0.2) is 30.5 Å². The summed E-state index contributed by atoms with van der Waals surface area (Å²) < 4.78 is 7.10. The summed E-state index contributed by atoms with van der Waals surface area (Å²) in [6, 6.07) is 7.96. The average molecular weight is 288 g/mol. The molecular weight excluding hydrogens is 264 g/mol. The zero-order valence-corrected chi connectivity index (χ0v) is 13.5. The summed E-state index contributed by atoms with van der Waals surface area (Å²) >= 11 is 0. The summed E-state index contributed by atoms with van der Waals surface area (Å²) in [5.41, 5.74) is 1.58. The number of likely N-dealkylation sites (N-methyl/N-ethyl adjacent to an activating group) is 1. The van der Waals surface area contributed by atoms with Crippen LogP contribution in [0.2, 0.25) is 0 Å². The Hall–Kier alpha value is -1.81. The number of rotatable bonds is 3. The molecule has 0 bridgehead atoms. The molecule has 0 fully saturated rings. The van der Waals surface area contributed by atoms with Crippen molar-refractivity contribution >= 4 is 17.0 Å². The molecule has 0 unspecified atom stereocenters. The molecule has 0 saturated carbocycles. The SMILES string of the molecule is CN(C)CCc1cn(C(=O)OC(C)(C)C)c2ccccc12. The number of hydrogen-bond acceptors (Lipinski definition) is 3. The molecule has 0 spiro atoms. The fraction of sp³-hybridized carbons (Fsp3) is 0.471. The smallest absolute Gasteiger partial charge is 0.419 e. The standard InChI is InChI=1S/C17H24N2O2/c1-17(2,3)21-16(20)19-12-13(10-11-18(4)5)14-8-6-7-9-15(14)19/h6-9,12H,10-11H2,1-5H3. The number of hydrogen-bond donors (Lipinski definition) is 0. The normalized spacial score (nSPS) is 12.1. The van der Waals surface area contributed by atoms with Gasteiger partial charge in [-0.2, -0.15) is 0 Å². The van der Waals surface area contributed by atoms with Crippen molar-refractivity contribution in [1.82, 2.24) is 9.47 Å². The number of nitrogens with zero attached hydrogens (tertiary/aromatic N) is 2. The Morgan fingerprint density at radius 1 is 1.24 bits per heavy atom. The molecule has 21 heavy (non-hydrogen) atoms. The Labute approximate surface area is 126 Å². The fourth-order valence-corrected chi connectivity index (χ4v) is 2.26. The second-order valence-electron chi connectivity index (χ2n) is 6.58. The van der Waals surface area contributed by atoms with Gasteiger partial charge in [0.2, 0.25) is 0 Å². The van der Waals surface area contributed by atoms with Gasteiger partial charge in [-0.3, -0.25) is 4.57 Å². The first-order valence-electron chi connectivity index (χ1n) is 7.25. The van der Waals surface area contributed by atoms with Crippen molar-refractivity contribution in [2.24, 2.45) is 0 Å². The molecule has 0 aliphatic heterocycles. The Kier molecular flexibility index (Phi) is 4.37.